The van der Waals surface area contributed by atoms with Gasteiger partial charge in [-0.25, -0.2) is 24.4 Å². The maximum Gasteiger partial charge on any atom is 0.235 e. The number of carbonyl (C=O) groups excluding carboxylic acids is 3. The van der Waals surface area contributed by atoms with Crippen LogP contribution < -0.4 is 0 Å². The van der Waals surface area contributed by atoms with E-state index in [1.807, 2.05) is 0 Å². The third-order valence-corrected chi connectivity index (χ3v) is 2.76. The molecule has 1 fully saturated rings. The van der Waals surface area contributed by atoms with Crippen molar-refractivity contribution in [3.05, 3.63) is 0 Å². The van der Waals surface area contributed by atoms with E-state index in [4.69, 9.17) is 0 Å². The Morgan fingerprint density at radius 2 is 1.75 bits per heavy atom. The summed E-state index contributed by atoms with van der Waals surface area (Å²) in [5.74, 6) is -0.0567. The molecule has 0 bridgehead atoms. The summed E-state index contributed by atoms with van der Waals surface area (Å²) in [4.78, 5) is 41.3. The number of isocyanates is 3. The van der Waals surface area contributed by atoms with Gasteiger partial charge in [0.05, 0.1) is 18.6 Å². The normalized spacial score (nSPS) is 28.1. The molecule has 0 N–H and O–H groups in total. The summed E-state index contributed by atoms with van der Waals surface area (Å²) in [6.07, 6.45) is 6.75. The molecule has 0 aliphatic heterocycles. The van der Waals surface area contributed by atoms with Crippen LogP contribution in [-0.4, -0.2) is 36.9 Å². The zero-order valence-electron chi connectivity index (χ0n) is 8.63. The standard InChI is InChI=1S/C10H11N3O3/c14-5-11-4-8-2-1-3-9(12-6-15)10(8)13-7-16/h8-10H,1-4H2. The summed E-state index contributed by atoms with van der Waals surface area (Å²) in [6.45, 7) is 0.254. The predicted octanol–water partition coefficient (Wildman–Crippen LogP) is 0.531. The molecule has 3 atom stereocenters. The highest BCUT2D eigenvalue weighted by atomic mass is 16.1. The van der Waals surface area contributed by atoms with Crippen LogP contribution in [0.5, 0.6) is 0 Å². The average Bonchev–Trinajstić information content (AvgIpc) is 2.30. The molecule has 1 aliphatic carbocycles. The van der Waals surface area contributed by atoms with E-state index >= 15 is 0 Å². The monoisotopic (exact) mass is 221 g/mol. The Labute approximate surface area is 92.2 Å². The second-order valence-corrected chi connectivity index (χ2v) is 3.62. The van der Waals surface area contributed by atoms with Crippen molar-refractivity contribution in [1.29, 1.82) is 0 Å². The summed E-state index contributed by atoms with van der Waals surface area (Å²) < 4.78 is 0. The molecular weight excluding hydrogens is 210 g/mol. The second kappa shape index (κ2) is 6.59. The van der Waals surface area contributed by atoms with Crippen molar-refractivity contribution >= 4 is 18.2 Å². The van der Waals surface area contributed by atoms with Gasteiger partial charge in [0, 0.05) is 5.92 Å². The van der Waals surface area contributed by atoms with Gasteiger partial charge in [-0.3, -0.25) is 0 Å². The Morgan fingerprint density at radius 3 is 2.38 bits per heavy atom. The highest BCUT2D eigenvalue weighted by Crippen LogP contribution is 2.29. The molecule has 0 saturated heterocycles. The molecule has 0 aromatic rings. The van der Waals surface area contributed by atoms with Crippen molar-refractivity contribution in [2.24, 2.45) is 20.9 Å². The van der Waals surface area contributed by atoms with E-state index in [0.29, 0.717) is 6.42 Å². The van der Waals surface area contributed by atoms with Crippen LogP contribution in [-0.2, 0) is 14.4 Å². The van der Waals surface area contributed by atoms with Crippen molar-refractivity contribution in [1.82, 2.24) is 0 Å². The fourth-order valence-corrected chi connectivity index (χ4v) is 2.06. The van der Waals surface area contributed by atoms with Crippen LogP contribution in [0.3, 0.4) is 0 Å². The molecule has 0 amide bonds. The molecule has 0 aromatic carbocycles. The number of hydrogen-bond acceptors (Lipinski definition) is 6. The molecule has 6 nitrogen and oxygen atoms in total. The first-order valence-corrected chi connectivity index (χ1v) is 5.01. The van der Waals surface area contributed by atoms with Crippen molar-refractivity contribution in [2.75, 3.05) is 6.54 Å². The molecule has 1 saturated carbocycles. The number of hydrogen-bond donors (Lipinski definition) is 0. The lowest BCUT2D eigenvalue weighted by Crippen LogP contribution is -2.36. The average molecular weight is 221 g/mol. The summed E-state index contributed by atoms with van der Waals surface area (Å²) in [7, 11) is 0. The van der Waals surface area contributed by atoms with Crippen LogP contribution in [0.1, 0.15) is 19.3 Å². The first kappa shape index (κ1) is 12.2. The summed E-state index contributed by atoms with van der Waals surface area (Å²) in [5, 5.41) is 0. The molecule has 6 heteroatoms. The van der Waals surface area contributed by atoms with E-state index in [0.717, 1.165) is 12.8 Å². The molecule has 0 spiro atoms. The van der Waals surface area contributed by atoms with Crippen molar-refractivity contribution in [3.8, 4) is 0 Å². The van der Waals surface area contributed by atoms with Crippen LogP contribution in [0.15, 0.2) is 15.0 Å². The third-order valence-electron chi connectivity index (χ3n) is 2.76. The lowest BCUT2D eigenvalue weighted by atomic mass is 9.81. The lowest BCUT2D eigenvalue weighted by molar-refractivity contribution is 0.282. The van der Waals surface area contributed by atoms with Gasteiger partial charge in [0.25, 0.3) is 0 Å². The first-order valence-electron chi connectivity index (χ1n) is 5.01. The SMILES string of the molecule is O=C=NCC1CCCC(N=C=O)C1N=C=O. The summed E-state index contributed by atoms with van der Waals surface area (Å²) in [5.41, 5.74) is 0. The minimum Gasteiger partial charge on any atom is -0.211 e. The Hall–Kier alpha value is -1.86. The minimum absolute atomic E-state index is 0.0567. The maximum absolute atomic E-state index is 10.3. The van der Waals surface area contributed by atoms with E-state index < -0.39 is 6.04 Å². The largest absolute Gasteiger partial charge is 0.235 e. The van der Waals surface area contributed by atoms with Gasteiger partial charge >= 0.3 is 0 Å². The summed E-state index contributed by atoms with van der Waals surface area (Å²) in [6, 6.07) is -0.774. The fraction of sp³-hybridized carbons (Fsp3) is 0.700. The van der Waals surface area contributed by atoms with Crippen LogP contribution in [0.4, 0.5) is 0 Å². The van der Waals surface area contributed by atoms with E-state index in [9.17, 15) is 14.4 Å². The number of aliphatic imine (C=N–C) groups is 3. The van der Waals surface area contributed by atoms with Crippen molar-refractivity contribution in [3.63, 3.8) is 0 Å². The molecule has 1 rings (SSSR count). The summed E-state index contributed by atoms with van der Waals surface area (Å²) >= 11 is 0. The van der Waals surface area contributed by atoms with Gasteiger partial charge in [-0.15, -0.1) is 0 Å². The van der Waals surface area contributed by atoms with Gasteiger partial charge in [-0.05, 0) is 12.8 Å². The Bertz CT molecular complexity index is 377. The second-order valence-electron chi connectivity index (χ2n) is 3.62. The fourth-order valence-electron chi connectivity index (χ4n) is 2.06. The van der Waals surface area contributed by atoms with Gasteiger partial charge < -0.3 is 0 Å². The topological polar surface area (TPSA) is 88.3 Å². The Balaban J connectivity index is 2.84. The van der Waals surface area contributed by atoms with Gasteiger partial charge in [-0.2, -0.15) is 4.99 Å². The molecule has 84 valence electrons. The molecule has 0 aromatic heterocycles. The molecule has 16 heavy (non-hydrogen) atoms. The van der Waals surface area contributed by atoms with Crippen molar-refractivity contribution < 1.29 is 14.4 Å². The maximum atomic E-state index is 10.3. The lowest BCUT2D eigenvalue weighted by Gasteiger charge is -2.30. The zero-order valence-corrected chi connectivity index (χ0v) is 8.63. The van der Waals surface area contributed by atoms with Gasteiger partial charge in [0.15, 0.2) is 0 Å². The highest BCUT2D eigenvalue weighted by Gasteiger charge is 2.33. The first-order chi connectivity index (χ1) is 7.83. The van der Waals surface area contributed by atoms with Crippen LogP contribution in [0.2, 0.25) is 0 Å². The van der Waals surface area contributed by atoms with Gasteiger partial charge in [0.1, 0.15) is 0 Å². The van der Waals surface area contributed by atoms with E-state index in [1.54, 1.807) is 0 Å². The minimum atomic E-state index is -0.426. The zero-order chi connectivity index (χ0) is 11.8. The van der Waals surface area contributed by atoms with E-state index in [-0.39, 0.29) is 18.5 Å². The molecular formula is C10H11N3O3. The quantitative estimate of drug-likeness (QED) is 0.512. The van der Waals surface area contributed by atoms with Gasteiger partial charge in [0.2, 0.25) is 18.2 Å². The van der Waals surface area contributed by atoms with Crippen molar-refractivity contribution in [2.45, 2.75) is 31.3 Å². The predicted molar refractivity (Wildman–Crippen MR) is 54.1 cm³/mol. The van der Waals surface area contributed by atoms with Crippen LogP contribution >= 0.6 is 0 Å². The third kappa shape index (κ3) is 3.07. The number of rotatable bonds is 4. The molecule has 3 unspecified atom stereocenters. The molecule has 0 heterocycles. The number of nitrogens with zero attached hydrogens (tertiary/aromatic N) is 3. The Kier molecular flexibility index (Phi) is 5.03. The van der Waals surface area contributed by atoms with E-state index in [1.165, 1.54) is 18.2 Å². The molecule has 0 radical (unpaired) electrons. The van der Waals surface area contributed by atoms with Crippen LogP contribution in [0, 0.1) is 5.92 Å². The van der Waals surface area contributed by atoms with Gasteiger partial charge in [-0.1, -0.05) is 6.42 Å². The highest BCUT2D eigenvalue weighted by molar-refractivity contribution is 5.37. The smallest absolute Gasteiger partial charge is 0.211 e. The Morgan fingerprint density at radius 1 is 1.00 bits per heavy atom. The van der Waals surface area contributed by atoms with Crippen LogP contribution in [0.25, 0.3) is 0 Å². The van der Waals surface area contributed by atoms with E-state index in [2.05, 4.69) is 15.0 Å². The molecule has 1 aliphatic rings.